The second-order valence-electron chi connectivity index (χ2n) is 21.4. The quantitative estimate of drug-likeness (QED) is 0.0219. The van der Waals surface area contributed by atoms with E-state index in [1.165, 1.54) is 155 Å². The van der Waals surface area contributed by atoms with Crippen LogP contribution in [0.15, 0.2) is 12.7 Å². The first-order valence-electron chi connectivity index (χ1n) is 28.7. The molecular weight excluding hydrogens is 1120 g/mol. The number of nitrogens with zero attached hydrogens (tertiary/aromatic N) is 4. The van der Waals surface area contributed by atoms with Gasteiger partial charge in [0.25, 0.3) is 0 Å². The smallest absolute Gasteiger partial charge is 0.393 e. The van der Waals surface area contributed by atoms with Crippen LogP contribution in [0.1, 0.15) is 207 Å². The zero-order valence-electron chi connectivity index (χ0n) is 47.2. The topological polar surface area (TPSA) is 384 Å². The highest BCUT2D eigenvalue weighted by atomic mass is 32.2. The number of carbonyl (C=O) groups excluding carboxylic acids is 3. The number of nitrogen functional groups attached to an aromatic ring is 1. The van der Waals surface area contributed by atoms with Crippen LogP contribution in [0.2, 0.25) is 0 Å². The first kappa shape index (κ1) is 71.8. The third kappa shape index (κ3) is 29.9. The Bertz CT molecular complexity index is 2250. The summed E-state index contributed by atoms with van der Waals surface area (Å²) in [7, 11) is -16.5. The van der Waals surface area contributed by atoms with Crippen molar-refractivity contribution in [2.45, 2.75) is 237 Å². The fourth-order valence-corrected chi connectivity index (χ4v) is 12.7. The monoisotopic (exact) mass is 1220 g/mol. The maximum atomic E-state index is 12.8. The number of nitrogens with one attached hydrogen (secondary N) is 2. The Morgan fingerprint density at radius 2 is 1.26 bits per heavy atom. The van der Waals surface area contributed by atoms with E-state index in [1.807, 2.05) is 0 Å². The number of anilines is 1. The Morgan fingerprint density at radius 3 is 1.79 bits per heavy atom. The van der Waals surface area contributed by atoms with Crippen molar-refractivity contribution in [3.05, 3.63) is 12.7 Å². The van der Waals surface area contributed by atoms with Gasteiger partial charge in [-0.1, -0.05) is 193 Å². The second-order valence-corrected chi connectivity index (χ2v) is 26.8. The summed E-state index contributed by atoms with van der Waals surface area (Å²) in [5, 5.41) is 36.8. The van der Waals surface area contributed by atoms with Crippen LogP contribution in [0.25, 0.3) is 11.2 Å². The van der Waals surface area contributed by atoms with Crippen LogP contribution in [0, 0.1) is 5.41 Å². The average Bonchev–Trinajstić information content (AvgIpc) is 3.95. The SMILES string of the molecule is CCCCCCCCCCCCCCCCCCCCCCCCCCC[C@H](O)CC(=O)SCCNC(=O)CCNC(=O)[C@H](O)C(C)(C)COP(=O)(O)OP(=O)(O)OC[C@H]1O[C@@H](n2cnc3c(N)ncnc32)[C@H](O)[C@@H]1OP(=O)(O)O. The maximum absolute atomic E-state index is 12.8. The number of ether oxygens (including phenoxy) is 1. The molecule has 3 rings (SSSR count). The molecule has 0 spiro atoms. The van der Waals surface area contributed by atoms with Crippen LogP contribution in [-0.4, -0.2) is 134 Å². The maximum Gasteiger partial charge on any atom is 0.481 e. The number of fused-ring (bicyclic) bond motifs is 1. The summed E-state index contributed by atoms with van der Waals surface area (Å²) in [6, 6.07) is 0. The molecule has 0 aliphatic carbocycles. The zero-order chi connectivity index (χ0) is 59.0. The van der Waals surface area contributed by atoms with Crippen LogP contribution < -0.4 is 16.4 Å². The van der Waals surface area contributed by atoms with E-state index in [2.05, 4.69) is 41.3 Å². The number of aromatic nitrogens is 4. The normalized spacial score (nSPS) is 19.2. The molecule has 2 amide bonds. The molecular formula is C51H94N7O18P3S. The van der Waals surface area contributed by atoms with Gasteiger partial charge in [-0.05, 0) is 6.42 Å². The minimum absolute atomic E-state index is 0.0277. The molecule has 80 heavy (non-hydrogen) atoms. The molecule has 2 unspecified atom stereocenters. The zero-order valence-corrected chi connectivity index (χ0v) is 50.7. The number of aliphatic hydroxyl groups excluding tert-OH is 3. The van der Waals surface area contributed by atoms with E-state index in [1.54, 1.807) is 0 Å². The molecule has 0 radical (unpaired) electrons. The lowest BCUT2D eigenvalue weighted by molar-refractivity contribution is -0.137. The molecule has 2 aromatic heterocycles. The number of phosphoric ester groups is 3. The van der Waals surface area contributed by atoms with E-state index in [0.717, 1.165) is 48.2 Å². The molecule has 25 nitrogen and oxygen atoms in total. The van der Waals surface area contributed by atoms with Gasteiger partial charge in [-0.3, -0.25) is 32.5 Å². The van der Waals surface area contributed by atoms with Crippen molar-refractivity contribution in [1.29, 1.82) is 0 Å². The molecule has 1 fully saturated rings. The molecule has 0 bridgehead atoms. The molecule has 11 N–H and O–H groups in total. The average molecular weight is 1220 g/mol. The number of unbranched alkanes of at least 4 members (excludes halogenated alkanes) is 24. The lowest BCUT2D eigenvalue weighted by Crippen LogP contribution is -2.46. The summed E-state index contributed by atoms with van der Waals surface area (Å²) in [4.78, 5) is 88.8. The van der Waals surface area contributed by atoms with E-state index in [4.69, 9.17) is 19.5 Å². The van der Waals surface area contributed by atoms with Gasteiger partial charge in [0.2, 0.25) is 11.8 Å². The van der Waals surface area contributed by atoms with Gasteiger partial charge < -0.3 is 56.0 Å². The Labute approximate surface area is 476 Å². The molecule has 1 aliphatic rings. The number of carbonyl (C=O) groups is 3. The van der Waals surface area contributed by atoms with Crippen molar-refractivity contribution in [3.63, 3.8) is 0 Å². The van der Waals surface area contributed by atoms with E-state index >= 15 is 0 Å². The van der Waals surface area contributed by atoms with E-state index in [-0.39, 0.29) is 53.8 Å². The molecule has 0 saturated carbocycles. The van der Waals surface area contributed by atoms with Gasteiger partial charge in [0.05, 0.1) is 25.6 Å². The molecule has 3 heterocycles. The van der Waals surface area contributed by atoms with Crippen molar-refractivity contribution < 1.29 is 85.6 Å². The van der Waals surface area contributed by atoms with Crippen LogP contribution >= 0.6 is 35.2 Å². The number of hydrogen-bond donors (Lipinski definition) is 10. The fraction of sp³-hybridized carbons (Fsp3) is 0.843. The highest BCUT2D eigenvalue weighted by Crippen LogP contribution is 2.61. The van der Waals surface area contributed by atoms with Crippen LogP contribution in [-0.2, 0) is 50.7 Å². The number of amides is 2. The lowest BCUT2D eigenvalue weighted by Gasteiger charge is -2.30. The van der Waals surface area contributed by atoms with Gasteiger partial charge in [-0.15, -0.1) is 0 Å². The molecule has 0 aromatic carbocycles. The summed E-state index contributed by atoms with van der Waals surface area (Å²) < 4.78 is 62.6. The van der Waals surface area contributed by atoms with Crippen LogP contribution in [0.5, 0.6) is 0 Å². The number of phosphoric acid groups is 3. The summed E-state index contributed by atoms with van der Waals surface area (Å²) >= 11 is 1.01. The summed E-state index contributed by atoms with van der Waals surface area (Å²) in [6.45, 7) is 2.69. The molecule has 2 aromatic rings. The molecule has 8 atom stereocenters. The largest absolute Gasteiger partial charge is 0.481 e. The Hall–Kier alpha value is -2.48. The van der Waals surface area contributed by atoms with Gasteiger partial charge >= 0.3 is 23.5 Å². The minimum Gasteiger partial charge on any atom is -0.393 e. The van der Waals surface area contributed by atoms with Gasteiger partial charge in [0.15, 0.2) is 22.8 Å². The Morgan fingerprint density at radius 1 is 0.750 bits per heavy atom. The van der Waals surface area contributed by atoms with E-state index in [0.29, 0.717) is 6.42 Å². The van der Waals surface area contributed by atoms with Crippen molar-refractivity contribution in [1.82, 2.24) is 30.2 Å². The Kier molecular flexibility index (Phi) is 34.5. The Balaban J connectivity index is 1.18. The summed E-state index contributed by atoms with van der Waals surface area (Å²) in [5.74, 6) is -1.21. The predicted molar refractivity (Wildman–Crippen MR) is 303 cm³/mol. The highest BCUT2D eigenvalue weighted by molar-refractivity contribution is 8.13. The van der Waals surface area contributed by atoms with Gasteiger partial charge in [0.1, 0.15) is 36.3 Å². The second kappa shape index (κ2) is 38.5. The van der Waals surface area contributed by atoms with E-state index in [9.17, 15) is 63.0 Å². The van der Waals surface area contributed by atoms with E-state index < -0.39 is 90.7 Å². The predicted octanol–water partition coefficient (Wildman–Crippen LogP) is 8.58. The lowest BCUT2D eigenvalue weighted by atomic mass is 9.87. The van der Waals surface area contributed by atoms with Crippen LogP contribution in [0.4, 0.5) is 5.82 Å². The highest BCUT2D eigenvalue weighted by Gasteiger charge is 2.50. The van der Waals surface area contributed by atoms with Crippen molar-refractivity contribution in [3.8, 4) is 0 Å². The van der Waals surface area contributed by atoms with Crippen molar-refractivity contribution in [2.24, 2.45) is 5.41 Å². The number of rotatable bonds is 47. The van der Waals surface area contributed by atoms with Gasteiger partial charge in [-0.2, -0.15) is 4.31 Å². The number of thioether (sulfide) groups is 1. The molecule has 1 aliphatic heterocycles. The molecule has 29 heteroatoms. The van der Waals surface area contributed by atoms with Gasteiger partial charge in [-0.25, -0.2) is 28.6 Å². The summed E-state index contributed by atoms with van der Waals surface area (Å²) in [6.07, 6.45) is 26.0. The standard InChI is InChI=1S/C51H94N7O18P3S/c1-4-5-6-7-8-9-10-11-12-13-14-15-16-17-18-19-20-21-22-23-24-25-26-27-28-29-39(59)34-42(61)80-33-32-53-41(60)30-31-54-49(64)46(63)51(2,3)36-73-79(70,71)76-78(68,69)72-35-40-45(75-77(65,66)67)44(62)50(74-40)58-38-57-43-47(52)55-37-56-48(43)58/h37-40,44-46,50,59,62-63H,4-36H2,1-3H3,(H,53,60)(H,54,64)(H,68,69)(H,70,71)(H2,52,55,56)(H2,65,66,67)/t39-,40+,44+,45+,46-,50+/m0/s1. The first-order valence-corrected chi connectivity index (χ1v) is 34.2. The number of aliphatic hydroxyl groups is 3. The first-order chi connectivity index (χ1) is 37.9. The van der Waals surface area contributed by atoms with Crippen molar-refractivity contribution >= 4 is 69.1 Å². The number of imidazole rings is 1. The fourth-order valence-electron chi connectivity index (χ4n) is 9.17. The van der Waals surface area contributed by atoms with Crippen LogP contribution in [0.3, 0.4) is 0 Å². The van der Waals surface area contributed by atoms with Gasteiger partial charge in [0, 0.05) is 37.1 Å². The third-order valence-electron chi connectivity index (χ3n) is 13.8. The number of hydrogen-bond acceptors (Lipinski definition) is 19. The molecule has 462 valence electrons. The third-order valence-corrected chi connectivity index (χ3v) is 17.8. The van der Waals surface area contributed by atoms with Crippen molar-refractivity contribution in [2.75, 3.05) is 37.8 Å². The number of nitrogens with two attached hydrogens (primary N) is 1. The minimum atomic E-state index is -5.59. The molecule has 1 saturated heterocycles. The summed E-state index contributed by atoms with van der Waals surface area (Å²) in [5.41, 5.74) is 4.27.